The Morgan fingerprint density at radius 2 is 1.94 bits per heavy atom. The predicted molar refractivity (Wildman–Crippen MR) is 75.7 cm³/mol. The molecule has 1 aliphatic carbocycles. The van der Waals surface area contributed by atoms with Gasteiger partial charge in [-0.3, -0.25) is 0 Å². The highest BCUT2D eigenvalue weighted by Gasteiger charge is 2.23. The number of hydrogen-bond acceptors (Lipinski definition) is 2. The molecule has 2 nitrogen and oxygen atoms in total. The molecular formula is C16H25NO. The molecule has 0 bridgehead atoms. The van der Waals surface area contributed by atoms with E-state index < -0.39 is 0 Å². The highest BCUT2D eigenvalue weighted by atomic mass is 16.3. The van der Waals surface area contributed by atoms with Gasteiger partial charge in [-0.05, 0) is 49.7 Å². The second kappa shape index (κ2) is 5.85. The van der Waals surface area contributed by atoms with Gasteiger partial charge in [-0.2, -0.15) is 0 Å². The summed E-state index contributed by atoms with van der Waals surface area (Å²) in [6.45, 7) is 5.48. The van der Waals surface area contributed by atoms with E-state index in [4.69, 9.17) is 5.11 Å². The summed E-state index contributed by atoms with van der Waals surface area (Å²) in [4.78, 5) is 0. The summed E-state index contributed by atoms with van der Waals surface area (Å²) in [6.07, 6.45) is 4.57. The second-order valence-electron chi connectivity index (χ2n) is 5.76. The number of aliphatic hydroxyl groups excluding tert-OH is 1. The molecular weight excluding hydrogens is 222 g/mol. The van der Waals surface area contributed by atoms with E-state index >= 15 is 0 Å². The molecule has 0 amide bonds. The van der Waals surface area contributed by atoms with Crippen LogP contribution in [-0.4, -0.2) is 17.3 Å². The van der Waals surface area contributed by atoms with Crippen molar-refractivity contribution in [3.05, 3.63) is 35.4 Å². The summed E-state index contributed by atoms with van der Waals surface area (Å²) in [7, 11) is 0. The van der Waals surface area contributed by atoms with Crippen LogP contribution in [0.1, 0.15) is 56.6 Å². The van der Waals surface area contributed by atoms with Crippen molar-refractivity contribution >= 4 is 0 Å². The molecule has 100 valence electrons. The largest absolute Gasteiger partial charge is 0.396 e. The topological polar surface area (TPSA) is 32.3 Å². The minimum Gasteiger partial charge on any atom is -0.396 e. The quantitative estimate of drug-likeness (QED) is 0.775. The van der Waals surface area contributed by atoms with E-state index in [1.807, 2.05) is 0 Å². The first-order chi connectivity index (χ1) is 8.67. The van der Waals surface area contributed by atoms with Crippen molar-refractivity contribution in [2.24, 2.45) is 0 Å². The first kappa shape index (κ1) is 13.6. The van der Waals surface area contributed by atoms with Crippen LogP contribution in [0.4, 0.5) is 0 Å². The minimum absolute atomic E-state index is 0.0455. The average molecular weight is 247 g/mol. The fraction of sp³-hybridized carbons (Fsp3) is 0.625. The predicted octanol–water partition coefficient (Wildman–Crippen LogP) is 3.20. The van der Waals surface area contributed by atoms with Crippen molar-refractivity contribution in [2.45, 2.75) is 57.5 Å². The Labute approximate surface area is 110 Å². The lowest BCUT2D eigenvalue weighted by Crippen LogP contribution is -2.42. The summed E-state index contributed by atoms with van der Waals surface area (Å²) in [6, 6.07) is 9.00. The van der Waals surface area contributed by atoms with Crippen molar-refractivity contribution in [3.63, 3.8) is 0 Å². The number of nitrogens with one attached hydrogen (secondary N) is 1. The van der Waals surface area contributed by atoms with Gasteiger partial charge in [0.15, 0.2) is 0 Å². The van der Waals surface area contributed by atoms with E-state index in [2.05, 4.69) is 43.4 Å². The fourth-order valence-corrected chi connectivity index (χ4v) is 2.28. The maximum Gasteiger partial charge on any atom is 0.0448 e. The highest BCUT2D eigenvalue weighted by Crippen LogP contribution is 2.39. The zero-order chi connectivity index (χ0) is 13.0. The van der Waals surface area contributed by atoms with E-state index in [0.29, 0.717) is 0 Å². The van der Waals surface area contributed by atoms with Crippen molar-refractivity contribution in [1.82, 2.24) is 5.32 Å². The van der Waals surface area contributed by atoms with Gasteiger partial charge >= 0.3 is 0 Å². The van der Waals surface area contributed by atoms with Crippen LogP contribution in [0.25, 0.3) is 0 Å². The fourth-order valence-electron chi connectivity index (χ4n) is 2.28. The Morgan fingerprint density at radius 3 is 2.44 bits per heavy atom. The molecule has 0 aliphatic heterocycles. The molecule has 2 heteroatoms. The molecule has 0 heterocycles. The van der Waals surface area contributed by atoms with E-state index in [1.54, 1.807) is 0 Å². The van der Waals surface area contributed by atoms with E-state index in [-0.39, 0.29) is 12.1 Å². The molecule has 1 saturated carbocycles. The molecule has 0 spiro atoms. The monoisotopic (exact) mass is 247 g/mol. The van der Waals surface area contributed by atoms with Crippen molar-refractivity contribution < 1.29 is 5.11 Å². The van der Waals surface area contributed by atoms with Gasteiger partial charge in [0.05, 0.1) is 0 Å². The zero-order valence-corrected chi connectivity index (χ0v) is 11.6. The third-order valence-corrected chi connectivity index (χ3v) is 4.19. The maximum absolute atomic E-state index is 9.09. The number of hydrogen-bond donors (Lipinski definition) is 2. The van der Waals surface area contributed by atoms with Crippen LogP contribution in [0.3, 0.4) is 0 Å². The Balaban J connectivity index is 1.88. The van der Waals surface area contributed by atoms with Gasteiger partial charge in [-0.1, -0.05) is 31.2 Å². The van der Waals surface area contributed by atoms with Gasteiger partial charge in [-0.25, -0.2) is 0 Å². The smallest absolute Gasteiger partial charge is 0.0448 e. The van der Waals surface area contributed by atoms with Crippen LogP contribution in [0, 0.1) is 0 Å². The second-order valence-corrected chi connectivity index (χ2v) is 5.76. The van der Waals surface area contributed by atoms with Crippen LogP contribution in [0.5, 0.6) is 0 Å². The lowest BCUT2D eigenvalue weighted by Gasteiger charge is -2.29. The van der Waals surface area contributed by atoms with Crippen LogP contribution in [-0.2, 0) is 6.54 Å². The van der Waals surface area contributed by atoms with Crippen LogP contribution in [0.2, 0.25) is 0 Å². The number of benzene rings is 1. The van der Waals surface area contributed by atoms with Gasteiger partial charge in [-0.15, -0.1) is 0 Å². The first-order valence-corrected chi connectivity index (χ1v) is 7.11. The number of rotatable bonds is 7. The molecule has 2 rings (SSSR count). The standard InChI is InChI=1S/C16H25NO/c1-3-16(2,10-11-18)17-12-13-4-6-14(7-5-13)15-8-9-15/h4-7,15,17-18H,3,8-12H2,1-2H3. The molecule has 1 aromatic carbocycles. The zero-order valence-electron chi connectivity index (χ0n) is 11.6. The van der Waals surface area contributed by atoms with Crippen LogP contribution < -0.4 is 5.32 Å². The SMILES string of the molecule is CCC(C)(CCO)NCc1ccc(C2CC2)cc1. The normalized spacial score (nSPS) is 18.6. The summed E-state index contributed by atoms with van der Waals surface area (Å²) < 4.78 is 0. The molecule has 1 fully saturated rings. The Bertz CT molecular complexity index is 369. The molecule has 18 heavy (non-hydrogen) atoms. The summed E-state index contributed by atoms with van der Waals surface area (Å²) >= 11 is 0. The molecule has 1 aliphatic rings. The molecule has 2 N–H and O–H groups in total. The van der Waals surface area contributed by atoms with Gasteiger partial charge < -0.3 is 10.4 Å². The maximum atomic E-state index is 9.09. The molecule has 0 saturated heterocycles. The average Bonchev–Trinajstić information content (AvgIpc) is 3.22. The Morgan fingerprint density at radius 1 is 1.28 bits per heavy atom. The van der Waals surface area contributed by atoms with Crippen LogP contribution in [0.15, 0.2) is 24.3 Å². The summed E-state index contributed by atoms with van der Waals surface area (Å²) in [5.74, 6) is 0.835. The number of aliphatic hydroxyl groups is 1. The highest BCUT2D eigenvalue weighted by molar-refractivity contribution is 5.28. The molecule has 0 radical (unpaired) electrons. The minimum atomic E-state index is 0.0455. The molecule has 1 atom stereocenters. The van der Waals surface area contributed by atoms with Gasteiger partial charge in [0.2, 0.25) is 0 Å². The lowest BCUT2D eigenvalue weighted by atomic mass is 9.94. The van der Waals surface area contributed by atoms with Crippen molar-refractivity contribution in [1.29, 1.82) is 0 Å². The summed E-state index contributed by atoms with van der Waals surface area (Å²) in [5, 5.41) is 12.7. The third kappa shape index (κ3) is 3.56. The van der Waals surface area contributed by atoms with Crippen molar-refractivity contribution in [3.8, 4) is 0 Å². The summed E-state index contributed by atoms with van der Waals surface area (Å²) in [5.41, 5.74) is 2.87. The van der Waals surface area contributed by atoms with Crippen molar-refractivity contribution in [2.75, 3.05) is 6.61 Å². The van der Waals surface area contributed by atoms with Crippen LogP contribution >= 0.6 is 0 Å². The first-order valence-electron chi connectivity index (χ1n) is 7.11. The third-order valence-electron chi connectivity index (χ3n) is 4.19. The lowest BCUT2D eigenvalue weighted by molar-refractivity contribution is 0.214. The molecule has 1 unspecified atom stereocenters. The van der Waals surface area contributed by atoms with Gasteiger partial charge in [0.25, 0.3) is 0 Å². The van der Waals surface area contributed by atoms with Gasteiger partial charge in [0.1, 0.15) is 0 Å². The Hall–Kier alpha value is -0.860. The van der Waals surface area contributed by atoms with Gasteiger partial charge in [0, 0.05) is 18.7 Å². The molecule has 1 aromatic rings. The van der Waals surface area contributed by atoms with E-state index in [9.17, 15) is 0 Å². The molecule has 0 aromatic heterocycles. The van der Waals surface area contributed by atoms with E-state index in [0.717, 1.165) is 25.3 Å². The Kier molecular flexibility index (Phi) is 4.41. The van der Waals surface area contributed by atoms with E-state index in [1.165, 1.54) is 24.0 Å².